The molecule has 1 N–H and O–H groups in total. The number of carbonyl (C=O) groups is 1. The summed E-state index contributed by atoms with van der Waals surface area (Å²) < 4.78 is 2.72. The molecule has 4 rings (SSSR count). The standard InChI is InChI=1S/C23H17BrN6O3S/c24-18-11-9-16(10-12-18)14-25-26-21(31)15-34-23-28-27-22(29(23)19-6-2-1-3-7-19)17-5-4-8-20(13-17)30(32)33/h1-14H,15H2,(H,26,31). The molecule has 9 nitrogen and oxygen atoms in total. The number of hydrogen-bond acceptors (Lipinski definition) is 7. The molecule has 0 saturated carbocycles. The molecule has 0 spiro atoms. The maximum Gasteiger partial charge on any atom is 0.270 e. The van der Waals surface area contributed by atoms with Crippen LogP contribution in [0.2, 0.25) is 0 Å². The van der Waals surface area contributed by atoms with E-state index < -0.39 is 4.92 Å². The molecule has 0 aliphatic carbocycles. The molecule has 0 unspecified atom stereocenters. The lowest BCUT2D eigenvalue weighted by atomic mass is 10.2. The van der Waals surface area contributed by atoms with E-state index in [1.165, 1.54) is 23.9 Å². The van der Waals surface area contributed by atoms with E-state index in [0.717, 1.165) is 15.7 Å². The van der Waals surface area contributed by atoms with Crippen LogP contribution < -0.4 is 5.43 Å². The first-order valence-electron chi connectivity index (χ1n) is 9.97. The molecule has 1 aromatic heterocycles. The molecule has 170 valence electrons. The number of carbonyl (C=O) groups excluding carboxylic acids is 1. The first-order valence-corrected chi connectivity index (χ1v) is 11.7. The van der Waals surface area contributed by atoms with Crippen LogP contribution in [0.5, 0.6) is 0 Å². The lowest BCUT2D eigenvalue weighted by molar-refractivity contribution is -0.384. The van der Waals surface area contributed by atoms with E-state index in [1.54, 1.807) is 22.9 Å². The number of para-hydroxylation sites is 1. The van der Waals surface area contributed by atoms with Gasteiger partial charge >= 0.3 is 0 Å². The molecule has 11 heteroatoms. The number of halogens is 1. The van der Waals surface area contributed by atoms with Gasteiger partial charge in [0.1, 0.15) is 0 Å². The first-order chi connectivity index (χ1) is 16.5. The first kappa shape index (κ1) is 23.3. The number of nitrogens with one attached hydrogen (secondary N) is 1. The summed E-state index contributed by atoms with van der Waals surface area (Å²) in [5.41, 5.74) is 4.61. The van der Waals surface area contributed by atoms with Crippen LogP contribution in [0, 0.1) is 10.1 Å². The summed E-state index contributed by atoms with van der Waals surface area (Å²) in [6, 6.07) is 23.0. The minimum absolute atomic E-state index is 0.0441. The SMILES string of the molecule is O=C(CSc1nnc(-c2cccc([N+](=O)[O-])c2)n1-c1ccccc1)NN=Cc1ccc(Br)cc1. The number of aromatic nitrogens is 3. The Kier molecular flexibility index (Phi) is 7.45. The van der Waals surface area contributed by atoms with Gasteiger partial charge < -0.3 is 0 Å². The van der Waals surface area contributed by atoms with Crippen molar-refractivity contribution in [2.24, 2.45) is 5.10 Å². The summed E-state index contributed by atoms with van der Waals surface area (Å²) in [6.07, 6.45) is 1.56. The fourth-order valence-electron chi connectivity index (χ4n) is 3.01. The predicted octanol–water partition coefficient (Wildman–Crippen LogP) is 4.85. The van der Waals surface area contributed by atoms with Crippen LogP contribution in [0.4, 0.5) is 5.69 Å². The predicted molar refractivity (Wildman–Crippen MR) is 134 cm³/mol. The number of non-ortho nitro benzene ring substituents is 1. The van der Waals surface area contributed by atoms with E-state index in [4.69, 9.17) is 0 Å². The summed E-state index contributed by atoms with van der Waals surface area (Å²) >= 11 is 4.56. The van der Waals surface area contributed by atoms with Crippen molar-refractivity contribution < 1.29 is 9.72 Å². The van der Waals surface area contributed by atoms with E-state index in [2.05, 4.69) is 36.7 Å². The van der Waals surface area contributed by atoms with Crippen LogP contribution >= 0.6 is 27.7 Å². The topological polar surface area (TPSA) is 115 Å². The Morgan fingerprint density at radius 3 is 2.59 bits per heavy atom. The number of amides is 1. The van der Waals surface area contributed by atoms with Crippen LogP contribution in [0.3, 0.4) is 0 Å². The number of hydrazone groups is 1. The monoisotopic (exact) mass is 536 g/mol. The second-order valence-electron chi connectivity index (χ2n) is 6.92. The zero-order valence-corrected chi connectivity index (χ0v) is 19.9. The maximum absolute atomic E-state index is 12.3. The summed E-state index contributed by atoms with van der Waals surface area (Å²) in [5.74, 6) is 0.182. The van der Waals surface area contributed by atoms with E-state index in [0.29, 0.717) is 16.5 Å². The van der Waals surface area contributed by atoms with Crippen molar-refractivity contribution in [1.29, 1.82) is 0 Å². The highest BCUT2D eigenvalue weighted by Gasteiger charge is 2.19. The highest BCUT2D eigenvalue weighted by molar-refractivity contribution is 9.10. The second-order valence-corrected chi connectivity index (χ2v) is 8.78. The van der Waals surface area contributed by atoms with Crippen LogP contribution in [-0.2, 0) is 4.79 Å². The molecule has 34 heavy (non-hydrogen) atoms. The van der Waals surface area contributed by atoms with Gasteiger partial charge in [-0.3, -0.25) is 19.5 Å². The van der Waals surface area contributed by atoms with Crippen molar-refractivity contribution >= 4 is 45.5 Å². The molecule has 4 aromatic rings. The highest BCUT2D eigenvalue weighted by atomic mass is 79.9. The van der Waals surface area contributed by atoms with Crippen LogP contribution in [-0.4, -0.2) is 37.6 Å². The fraction of sp³-hybridized carbons (Fsp3) is 0.0435. The van der Waals surface area contributed by atoms with E-state index in [-0.39, 0.29) is 17.3 Å². The zero-order valence-electron chi connectivity index (χ0n) is 17.5. The van der Waals surface area contributed by atoms with Gasteiger partial charge in [0.2, 0.25) is 0 Å². The van der Waals surface area contributed by atoms with Gasteiger partial charge in [0.15, 0.2) is 11.0 Å². The van der Waals surface area contributed by atoms with E-state index in [9.17, 15) is 14.9 Å². The van der Waals surface area contributed by atoms with Crippen LogP contribution in [0.1, 0.15) is 5.56 Å². The quantitative estimate of drug-likeness (QED) is 0.149. The van der Waals surface area contributed by atoms with Gasteiger partial charge in [-0.15, -0.1) is 10.2 Å². The summed E-state index contributed by atoms with van der Waals surface area (Å²) in [4.78, 5) is 23.1. The maximum atomic E-state index is 12.3. The lowest BCUT2D eigenvalue weighted by Crippen LogP contribution is -2.20. The van der Waals surface area contributed by atoms with Crippen molar-refractivity contribution in [3.63, 3.8) is 0 Å². The normalized spacial score (nSPS) is 11.0. The Morgan fingerprint density at radius 1 is 1.09 bits per heavy atom. The Morgan fingerprint density at radius 2 is 1.85 bits per heavy atom. The van der Waals surface area contributed by atoms with Crippen molar-refractivity contribution in [3.8, 4) is 17.1 Å². The van der Waals surface area contributed by atoms with Crippen LogP contribution in [0.25, 0.3) is 17.1 Å². The molecule has 0 aliphatic heterocycles. The molecule has 0 saturated heterocycles. The number of rotatable bonds is 8. The number of hydrogen-bond donors (Lipinski definition) is 1. The largest absolute Gasteiger partial charge is 0.272 e. The second kappa shape index (κ2) is 10.9. The smallest absolute Gasteiger partial charge is 0.270 e. The molecule has 1 amide bonds. The van der Waals surface area contributed by atoms with Gasteiger partial charge in [0.25, 0.3) is 11.6 Å². The number of nitro benzene ring substituents is 1. The molecular formula is C23H17BrN6O3S. The molecule has 0 radical (unpaired) electrons. The minimum Gasteiger partial charge on any atom is -0.272 e. The third-order valence-corrected chi connectivity index (χ3v) is 6.03. The van der Waals surface area contributed by atoms with E-state index >= 15 is 0 Å². The van der Waals surface area contributed by atoms with Gasteiger partial charge in [0.05, 0.1) is 16.9 Å². The minimum atomic E-state index is -0.457. The zero-order chi connectivity index (χ0) is 23.9. The molecule has 0 aliphatic rings. The Hall–Kier alpha value is -3.83. The molecule has 3 aromatic carbocycles. The Bertz CT molecular complexity index is 1340. The van der Waals surface area contributed by atoms with Gasteiger partial charge in [0, 0.05) is 27.9 Å². The number of benzene rings is 3. The highest BCUT2D eigenvalue weighted by Crippen LogP contribution is 2.29. The van der Waals surface area contributed by atoms with E-state index in [1.807, 2.05) is 54.6 Å². The fourth-order valence-corrected chi connectivity index (χ4v) is 4.02. The van der Waals surface area contributed by atoms with Gasteiger partial charge in [-0.1, -0.05) is 70.2 Å². The molecule has 1 heterocycles. The van der Waals surface area contributed by atoms with Gasteiger partial charge in [-0.2, -0.15) is 5.10 Å². The summed E-state index contributed by atoms with van der Waals surface area (Å²) in [6.45, 7) is 0. The third kappa shape index (κ3) is 5.74. The Balaban J connectivity index is 1.53. The average Bonchev–Trinajstić information content (AvgIpc) is 3.28. The summed E-state index contributed by atoms with van der Waals surface area (Å²) in [7, 11) is 0. The molecule has 0 bridgehead atoms. The lowest BCUT2D eigenvalue weighted by Gasteiger charge is -2.10. The van der Waals surface area contributed by atoms with Gasteiger partial charge in [-0.05, 0) is 29.8 Å². The molecular weight excluding hydrogens is 520 g/mol. The molecule has 0 atom stereocenters. The van der Waals surface area contributed by atoms with Crippen LogP contribution in [0.15, 0.2) is 93.6 Å². The van der Waals surface area contributed by atoms with Crippen molar-refractivity contribution in [1.82, 2.24) is 20.2 Å². The Labute approximate surface area is 207 Å². The third-order valence-electron chi connectivity index (χ3n) is 4.57. The number of nitrogens with zero attached hydrogens (tertiary/aromatic N) is 5. The summed E-state index contributed by atoms with van der Waals surface area (Å²) in [5, 5.41) is 24.2. The van der Waals surface area contributed by atoms with Gasteiger partial charge in [-0.25, -0.2) is 5.43 Å². The number of thioether (sulfide) groups is 1. The molecule has 0 fully saturated rings. The number of nitro groups is 1. The van der Waals surface area contributed by atoms with Crippen molar-refractivity contribution in [2.75, 3.05) is 5.75 Å². The van der Waals surface area contributed by atoms with Crippen molar-refractivity contribution in [3.05, 3.63) is 99.0 Å². The average molecular weight is 537 g/mol. The van der Waals surface area contributed by atoms with Crippen molar-refractivity contribution in [2.45, 2.75) is 5.16 Å².